The van der Waals surface area contributed by atoms with E-state index in [1.807, 2.05) is 42.3 Å². The highest BCUT2D eigenvalue weighted by Gasteiger charge is 2.83. The molecule has 4 rings (SSSR count). The quantitative estimate of drug-likeness (QED) is 0.600. The monoisotopic (exact) mass is 484 g/mol. The minimum absolute atomic E-state index is 0.0988. The third-order valence-electron chi connectivity index (χ3n) is 6.84. The van der Waals surface area contributed by atoms with Gasteiger partial charge in [-0.25, -0.2) is 13.4 Å². The number of halogens is 3. The molecule has 2 fully saturated rings. The number of hydrogen-bond donors (Lipinski definition) is 2. The van der Waals surface area contributed by atoms with E-state index >= 15 is 0 Å². The summed E-state index contributed by atoms with van der Waals surface area (Å²) in [7, 11) is -2.36. The summed E-state index contributed by atoms with van der Waals surface area (Å²) >= 11 is 0. The first-order valence-corrected chi connectivity index (χ1v) is 12.0. The molecule has 1 aliphatic heterocycles. The summed E-state index contributed by atoms with van der Waals surface area (Å²) in [6, 6.07) is 11.1. The number of benzene rings is 1. The van der Waals surface area contributed by atoms with Crippen LogP contribution in [0, 0.1) is 17.8 Å². The van der Waals surface area contributed by atoms with Crippen LogP contribution in [0.4, 0.5) is 24.7 Å². The molecule has 1 aliphatic carbocycles. The second-order valence-corrected chi connectivity index (χ2v) is 10.9. The van der Waals surface area contributed by atoms with Gasteiger partial charge in [0.25, 0.3) is 0 Å². The molecule has 0 bridgehead atoms. The van der Waals surface area contributed by atoms with Gasteiger partial charge in [-0.1, -0.05) is 18.2 Å². The Kier molecular flexibility index (Phi) is 5.86. The minimum atomic E-state index is -4.59. The molecule has 1 aromatic carbocycles. The molecule has 1 aromatic heterocycles. The lowest BCUT2D eigenvalue weighted by Crippen LogP contribution is -2.37. The second kappa shape index (κ2) is 8.14. The van der Waals surface area contributed by atoms with Crippen LogP contribution in [-0.2, 0) is 10.0 Å². The first kappa shape index (κ1) is 23.8. The molecule has 1 saturated heterocycles. The summed E-state index contributed by atoms with van der Waals surface area (Å²) in [4.78, 5) is 6.04. The van der Waals surface area contributed by atoms with Crippen LogP contribution in [0.2, 0.25) is 0 Å². The molecular formula is C22H27F3N4O3S. The maximum atomic E-state index is 13.7. The highest BCUT2D eigenvalue weighted by Crippen LogP contribution is 2.74. The number of fused-ring (bicyclic) bond motifs is 1. The lowest BCUT2D eigenvalue weighted by molar-refractivity contribution is -0.193. The van der Waals surface area contributed by atoms with E-state index in [-0.39, 0.29) is 23.7 Å². The largest absolute Gasteiger partial charge is 0.396 e. The van der Waals surface area contributed by atoms with E-state index in [0.717, 1.165) is 9.99 Å². The first-order valence-electron chi connectivity index (χ1n) is 10.6. The Bertz CT molecular complexity index is 1130. The van der Waals surface area contributed by atoms with Crippen LogP contribution in [-0.4, -0.2) is 68.8 Å². The molecule has 0 unspecified atom stereocenters. The molecule has 2 aromatic rings. The Morgan fingerprint density at radius 2 is 1.94 bits per heavy atom. The zero-order chi connectivity index (χ0) is 24.1. The molecule has 180 valence electrons. The van der Waals surface area contributed by atoms with E-state index in [1.54, 1.807) is 6.92 Å². The minimum Gasteiger partial charge on any atom is -0.396 e. The van der Waals surface area contributed by atoms with E-state index in [4.69, 9.17) is 0 Å². The molecule has 2 heterocycles. The average molecular weight is 485 g/mol. The van der Waals surface area contributed by atoms with E-state index in [0.29, 0.717) is 18.7 Å². The Morgan fingerprint density at radius 3 is 2.55 bits per heavy atom. The second-order valence-electron chi connectivity index (χ2n) is 9.01. The summed E-state index contributed by atoms with van der Waals surface area (Å²) in [6.07, 6.45) is -3.33. The lowest BCUT2D eigenvalue weighted by atomic mass is 9.97. The number of sulfonamides is 1. The Labute approximate surface area is 191 Å². The fraction of sp³-hybridized carbons (Fsp3) is 0.500. The summed E-state index contributed by atoms with van der Waals surface area (Å²) in [5.41, 5.74) is -2.09. The number of para-hydroxylation sites is 1. The smallest absolute Gasteiger partial charge is 0.396 e. The molecule has 7 nitrogen and oxygen atoms in total. The Hall–Kier alpha value is -2.37. The number of aliphatic hydroxyl groups excluding tert-OH is 1. The predicted molar refractivity (Wildman–Crippen MR) is 119 cm³/mol. The fourth-order valence-corrected chi connectivity index (χ4v) is 6.53. The molecule has 33 heavy (non-hydrogen) atoms. The molecule has 0 amide bonds. The number of pyridine rings is 1. The van der Waals surface area contributed by atoms with Crippen molar-refractivity contribution in [1.29, 1.82) is 0 Å². The third kappa shape index (κ3) is 3.95. The van der Waals surface area contributed by atoms with Crippen LogP contribution in [0.1, 0.15) is 12.0 Å². The van der Waals surface area contributed by atoms with E-state index in [2.05, 4.69) is 10.3 Å². The molecular weight excluding hydrogens is 457 g/mol. The van der Waals surface area contributed by atoms with Crippen molar-refractivity contribution in [2.45, 2.75) is 24.4 Å². The average Bonchev–Trinajstić information content (AvgIpc) is 3.31. The van der Waals surface area contributed by atoms with Crippen molar-refractivity contribution in [3.63, 3.8) is 0 Å². The number of nitrogens with zero attached hydrogens (tertiary/aromatic N) is 3. The number of hydrogen-bond acceptors (Lipinski definition) is 6. The number of nitrogens with one attached hydrogen (secondary N) is 1. The van der Waals surface area contributed by atoms with E-state index < -0.39 is 40.2 Å². The van der Waals surface area contributed by atoms with Crippen LogP contribution in [0.3, 0.4) is 0 Å². The van der Waals surface area contributed by atoms with Gasteiger partial charge in [0.15, 0.2) is 0 Å². The topological polar surface area (TPSA) is 85.8 Å². The van der Waals surface area contributed by atoms with Crippen molar-refractivity contribution >= 4 is 21.5 Å². The van der Waals surface area contributed by atoms with Gasteiger partial charge >= 0.3 is 6.18 Å². The first-order chi connectivity index (χ1) is 15.5. The number of aliphatic hydroxyl groups is 1. The lowest BCUT2D eigenvalue weighted by Gasteiger charge is -2.24. The van der Waals surface area contributed by atoms with Gasteiger partial charge in [0, 0.05) is 50.5 Å². The number of likely N-dealkylation sites (N-methyl/N-ethyl adjacent to an activating group) is 1. The normalized spacial score (nSPS) is 25.0. The SMILES string of the molecule is Cc1cnc(NCCN(C)c2ccccc2)c(S(=O)(=O)N2C[C@@]3(CO)C[C@@]3(C(F)(F)F)C2)c1. The van der Waals surface area contributed by atoms with Gasteiger partial charge in [0.2, 0.25) is 10.0 Å². The molecule has 2 atom stereocenters. The number of aryl methyl sites for hydroxylation is 1. The Balaban J connectivity index is 1.54. The van der Waals surface area contributed by atoms with Gasteiger partial charge in [-0.05, 0) is 37.1 Å². The number of rotatable bonds is 8. The predicted octanol–water partition coefficient (Wildman–Crippen LogP) is 2.87. The zero-order valence-electron chi connectivity index (χ0n) is 18.4. The van der Waals surface area contributed by atoms with Crippen molar-refractivity contribution < 1.29 is 26.7 Å². The van der Waals surface area contributed by atoms with Crippen LogP contribution < -0.4 is 10.2 Å². The van der Waals surface area contributed by atoms with Gasteiger partial charge < -0.3 is 15.3 Å². The van der Waals surface area contributed by atoms with Crippen molar-refractivity contribution in [2.75, 3.05) is 50.1 Å². The van der Waals surface area contributed by atoms with Crippen molar-refractivity contribution in [2.24, 2.45) is 10.8 Å². The summed E-state index contributed by atoms with van der Waals surface area (Å²) in [5, 5.41) is 12.7. The van der Waals surface area contributed by atoms with Crippen LogP contribution in [0.25, 0.3) is 0 Å². The van der Waals surface area contributed by atoms with Crippen LogP contribution in [0.5, 0.6) is 0 Å². The van der Waals surface area contributed by atoms with Gasteiger partial charge in [0.05, 0.1) is 12.0 Å². The summed E-state index contributed by atoms with van der Waals surface area (Å²) in [5.74, 6) is 0.0988. The van der Waals surface area contributed by atoms with E-state index in [1.165, 1.54) is 12.3 Å². The number of piperidine rings is 1. The van der Waals surface area contributed by atoms with Gasteiger partial charge in [0.1, 0.15) is 10.7 Å². The standard InChI is InChI=1S/C22H27F3N4O3S/c1-16-10-18(19(27-11-16)26-8-9-28(2)17-6-4-3-5-7-17)33(31,32)29-13-20(15-30)12-21(20,14-29)22(23,24)25/h3-7,10-11,30H,8-9,12-15H2,1-2H3,(H,26,27)/t20-,21-/m1/s1. The Morgan fingerprint density at radius 1 is 1.24 bits per heavy atom. The maximum absolute atomic E-state index is 13.7. The van der Waals surface area contributed by atoms with Crippen LogP contribution in [0.15, 0.2) is 47.5 Å². The fourth-order valence-electron chi connectivity index (χ4n) is 4.74. The van der Waals surface area contributed by atoms with Gasteiger partial charge in [-0.3, -0.25) is 0 Å². The number of aromatic nitrogens is 1. The summed E-state index contributed by atoms with van der Waals surface area (Å²) in [6.45, 7) is 0.831. The molecule has 11 heteroatoms. The van der Waals surface area contributed by atoms with Gasteiger partial charge in [-0.15, -0.1) is 0 Å². The number of anilines is 2. The van der Waals surface area contributed by atoms with Crippen molar-refractivity contribution in [3.05, 3.63) is 48.2 Å². The maximum Gasteiger partial charge on any atom is 0.396 e. The molecule has 2 aliphatic rings. The summed E-state index contributed by atoms with van der Waals surface area (Å²) < 4.78 is 68.9. The third-order valence-corrected chi connectivity index (χ3v) is 8.65. The van der Waals surface area contributed by atoms with E-state index in [9.17, 15) is 26.7 Å². The number of alkyl halides is 3. The van der Waals surface area contributed by atoms with Crippen molar-refractivity contribution in [3.8, 4) is 0 Å². The molecule has 1 saturated carbocycles. The van der Waals surface area contributed by atoms with Crippen molar-refractivity contribution in [1.82, 2.24) is 9.29 Å². The zero-order valence-corrected chi connectivity index (χ0v) is 19.2. The van der Waals surface area contributed by atoms with Gasteiger partial charge in [-0.2, -0.15) is 17.5 Å². The van der Waals surface area contributed by atoms with Crippen LogP contribution >= 0.6 is 0 Å². The molecule has 0 radical (unpaired) electrons. The highest BCUT2D eigenvalue weighted by atomic mass is 32.2. The molecule has 0 spiro atoms. The highest BCUT2D eigenvalue weighted by molar-refractivity contribution is 7.89. The molecule has 2 N–H and O–H groups in total.